The first-order chi connectivity index (χ1) is 7.37. The maximum atomic E-state index is 5.90. The number of hydrogen-bond donors (Lipinski definition) is 2. The van der Waals surface area contributed by atoms with Gasteiger partial charge in [0.25, 0.3) is 0 Å². The molecule has 0 saturated carbocycles. The van der Waals surface area contributed by atoms with Crippen molar-refractivity contribution < 1.29 is 0 Å². The summed E-state index contributed by atoms with van der Waals surface area (Å²) in [7, 11) is 0. The van der Waals surface area contributed by atoms with Gasteiger partial charge in [-0.25, -0.2) is 0 Å². The van der Waals surface area contributed by atoms with Crippen LogP contribution in [-0.2, 0) is 0 Å². The normalized spacial score (nSPS) is 11.6. The molecule has 2 nitrogen and oxygen atoms in total. The molecule has 1 aromatic rings. The van der Waals surface area contributed by atoms with E-state index in [2.05, 4.69) is 31.4 Å². The minimum absolute atomic E-state index is 0.146. The summed E-state index contributed by atoms with van der Waals surface area (Å²) in [5.74, 6) is 0. The zero-order chi connectivity index (χ0) is 12.2. The van der Waals surface area contributed by atoms with Gasteiger partial charge >= 0.3 is 0 Å². The van der Waals surface area contributed by atoms with Gasteiger partial charge in [0.15, 0.2) is 0 Å². The number of halogens is 2. The number of anilines is 1. The fraction of sp³-hybridized carbons (Fsp3) is 0.500. The SMILES string of the molecule is CC(C)(C)NCCNc1cc(Cl)cc(Cl)c1. The quantitative estimate of drug-likeness (QED) is 0.806. The Morgan fingerprint density at radius 2 is 1.56 bits per heavy atom. The summed E-state index contributed by atoms with van der Waals surface area (Å²) in [5, 5.41) is 7.96. The van der Waals surface area contributed by atoms with Crippen molar-refractivity contribution in [2.24, 2.45) is 0 Å². The summed E-state index contributed by atoms with van der Waals surface area (Å²) >= 11 is 11.8. The van der Waals surface area contributed by atoms with Gasteiger partial charge in [-0.2, -0.15) is 0 Å². The Hall–Kier alpha value is -0.440. The average molecular weight is 261 g/mol. The van der Waals surface area contributed by atoms with E-state index in [9.17, 15) is 0 Å². The molecule has 0 radical (unpaired) electrons. The highest BCUT2D eigenvalue weighted by molar-refractivity contribution is 6.35. The van der Waals surface area contributed by atoms with Gasteiger partial charge in [-0.3, -0.25) is 0 Å². The predicted octanol–water partition coefficient (Wildman–Crippen LogP) is 3.79. The Balaban J connectivity index is 2.37. The lowest BCUT2D eigenvalue weighted by Crippen LogP contribution is -2.38. The maximum absolute atomic E-state index is 5.90. The van der Waals surface area contributed by atoms with Crippen molar-refractivity contribution in [3.8, 4) is 0 Å². The van der Waals surface area contributed by atoms with Crippen LogP contribution < -0.4 is 10.6 Å². The minimum Gasteiger partial charge on any atom is -0.384 e. The number of nitrogens with one attached hydrogen (secondary N) is 2. The molecule has 2 N–H and O–H groups in total. The molecule has 16 heavy (non-hydrogen) atoms. The van der Waals surface area contributed by atoms with Crippen molar-refractivity contribution in [2.45, 2.75) is 26.3 Å². The van der Waals surface area contributed by atoms with Crippen molar-refractivity contribution in [1.29, 1.82) is 0 Å². The van der Waals surface area contributed by atoms with Crippen molar-refractivity contribution in [1.82, 2.24) is 5.32 Å². The van der Waals surface area contributed by atoms with Crippen molar-refractivity contribution >= 4 is 28.9 Å². The molecular formula is C12H18Cl2N2. The van der Waals surface area contributed by atoms with Gasteiger partial charge in [0, 0.05) is 34.4 Å². The fourth-order valence-electron chi connectivity index (χ4n) is 1.30. The summed E-state index contributed by atoms with van der Waals surface area (Å²) in [5.41, 5.74) is 1.10. The number of hydrogen-bond acceptors (Lipinski definition) is 2. The van der Waals surface area contributed by atoms with E-state index in [4.69, 9.17) is 23.2 Å². The molecular weight excluding hydrogens is 243 g/mol. The number of rotatable bonds is 4. The summed E-state index contributed by atoms with van der Waals surface area (Å²) in [6, 6.07) is 5.46. The van der Waals surface area contributed by atoms with Gasteiger partial charge in [0.2, 0.25) is 0 Å². The third-order valence-corrected chi connectivity index (χ3v) is 2.41. The lowest BCUT2D eigenvalue weighted by molar-refractivity contribution is 0.435. The molecule has 0 saturated heterocycles. The molecule has 4 heteroatoms. The smallest absolute Gasteiger partial charge is 0.0441 e. The predicted molar refractivity (Wildman–Crippen MR) is 72.7 cm³/mol. The molecule has 0 aliphatic heterocycles. The largest absolute Gasteiger partial charge is 0.384 e. The van der Waals surface area contributed by atoms with Crippen LogP contribution in [0.4, 0.5) is 5.69 Å². The molecule has 0 fully saturated rings. The highest BCUT2D eigenvalue weighted by Gasteiger charge is 2.07. The summed E-state index contributed by atoms with van der Waals surface area (Å²) in [4.78, 5) is 0. The second-order valence-electron chi connectivity index (χ2n) is 4.76. The maximum Gasteiger partial charge on any atom is 0.0441 e. The molecule has 90 valence electrons. The van der Waals surface area contributed by atoms with E-state index in [0.717, 1.165) is 18.8 Å². The Kier molecular flexibility index (Phi) is 4.90. The van der Waals surface area contributed by atoms with E-state index in [-0.39, 0.29) is 5.54 Å². The molecule has 1 rings (SSSR count). The van der Waals surface area contributed by atoms with Gasteiger partial charge in [-0.1, -0.05) is 23.2 Å². The minimum atomic E-state index is 0.146. The van der Waals surface area contributed by atoms with Crippen LogP contribution >= 0.6 is 23.2 Å². The zero-order valence-corrected chi connectivity index (χ0v) is 11.4. The topological polar surface area (TPSA) is 24.1 Å². The lowest BCUT2D eigenvalue weighted by atomic mass is 10.1. The molecule has 0 spiro atoms. The first-order valence-electron chi connectivity index (χ1n) is 5.32. The summed E-state index contributed by atoms with van der Waals surface area (Å²) in [6.45, 7) is 8.16. The van der Waals surface area contributed by atoms with Gasteiger partial charge in [-0.05, 0) is 39.0 Å². The Morgan fingerprint density at radius 1 is 1.00 bits per heavy atom. The lowest BCUT2D eigenvalue weighted by Gasteiger charge is -2.20. The van der Waals surface area contributed by atoms with Gasteiger partial charge in [-0.15, -0.1) is 0 Å². The second kappa shape index (κ2) is 5.76. The molecule has 1 aromatic carbocycles. The molecule has 0 aliphatic rings. The standard InChI is InChI=1S/C12H18Cl2N2/c1-12(2,3)16-5-4-15-11-7-9(13)6-10(14)8-11/h6-8,15-16H,4-5H2,1-3H3. The van der Waals surface area contributed by atoms with E-state index in [1.165, 1.54) is 0 Å². The molecule has 0 aliphatic carbocycles. The van der Waals surface area contributed by atoms with Crippen LogP contribution in [0.15, 0.2) is 18.2 Å². The van der Waals surface area contributed by atoms with Crippen LogP contribution in [0, 0.1) is 0 Å². The second-order valence-corrected chi connectivity index (χ2v) is 5.63. The van der Waals surface area contributed by atoms with Crippen LogP contribution in [0.25, 0.3) is 0 Å². The molecule has 0 bridgehead atoms. The van der Waals surface area contributed by atoms with Crippen LogP contribution in [-0.4, -0.2) is 18.6 Å². The number of benzene rings is 1. The first-order valence-corrected chi connectivity index (χ1v) is 6.07. The third-order valence-electron chi connectivity index (χ3n) is 1.97. The third kappa shape index (κ3) is 5.59. The Bertz CT molecular complexity index is 325. The van der Waals surface area contributed by atoms with Gasteiger partial charge < -0.3 is 10.6 Å². The first kappa shape index (κ1) is 13.6. The molecule has 0 amide bonds. The van der Waals surface area contributed by atoms with Crippen LogP contribution in [0.5, 0.6) is 0 Å². The van der Waals surface area contributed by atoms with Crippen LogP contribution in [0.2, 0.25) is 10.0 Å². The summed E-state index contributed by atoms with van der Waals surface area (Å²) in [6.07, 6.45) is 0. The Morgan fingerprint density at radius 3 is 2.06 bits per heavy atom. The van der Waals surface area contributed by atoms with Crippen LogP contribution in [0.3, 0.4) is 0 Å². The van der Waals surface area contributed by atoms with Gasteiger partial charge in [0.05, 0.1) is 0 Å². The van der Waals surface area contributed by atoms with E-state index in [0.29, 0.717) is 10.0 Å². The molecule has 0 aromatic heterocycles. The molecule has 0 atom stereocenters. The fourth-order valence-corrected chi connectivity index (χ4v) is 1.83. The van der Waals surface area contributed by atoms with Crippen molar-refractivity contribution in [2.75, 3.05) is 18.4 Å². The monoisotopic (exact) mass is 260 g/mol. The van der Waals surface area contributed by atoms with E-state index in [1.54, 1.807) is 6.07 Å². The van der Waals surface area contributed by atoms with E-state index >= 15 is 0 Å². The molecule has 0 unspecified atom stereocenters. The van der Waals surface area contributed by atoms with Crippen LogP contribution in [0.1, 0.15) is 20.8 Å². The Labute approximate surface area is 107 Å². The van der Waals surface area contributed by atoms with E-state index in [1.807, 2.05) is 12.1 Å². The van der Waals surface area contributed by atoms with Crippen molar-refractivity contribution in [3.63, 3.8) is 0 Å². The average Bonchev–Trinajstić information content (AvgIpc) is 2.09. The highest BCUT2D eigenvalue weighted by Crippen LogP contribution is 2.22. The highest BCUT2D eigenvalue weighted by atomic mass is 35.5. The zero-order valence-electron chi connectivity index (χ0n) is 9.90. The van der Waals surface area contributed by atoms with E-state index < -0.39 is 0 Å². The summed E-state index contributed by atoms with van der Waals surface area (Å²) < 4.78 is 0. The van der Waals surface area contributed by atoms with Crippen molar-refractivity contribution in [3.05, 3.63) is 28.2 Å². The van der Waals surface area contributed by atoms with Gasteiger partial charge in [0.1, 0.15) is 0 Å². The molecule has 0 heterocycles.